The Morgan fingerprint density at radius 3 is 2.61 bits per heavy atom. The van der Waals surface area contributed by atoms with Crippen molar-refractivity contribution >= 4 is 0 Å². The van der Waals surface area contributed by atoms with Crippen molar-refractivity contribution in [1.29, 1.82) is 0 Å². The molecule has 0 radical (unpaired) electrons. The van der Waals surface area contributed by atoms with Crippen LogP contribution in [0.25, 0.3) is 0 Å². The summed E-state index contributed by atoms with van der Waals surface area (Å²) in [5, 5.41) is 10.2. The smallest absolute Gasteiger partial charge is 0.130 e. The standard InChI is InChI=1S/C21H32O2/c1-8-21(7)12-11-16(13-18(21)14(2)3)17-9-10-19(20(5,6)22)23-15(17)4/h8-9,16,18-19,22H,1-2,4,10-13H2,3,5-7H3/t16-,18+,19+,21-/m0/s1. The number of aliphatic hydroxyl groups is 1. The third kappa shape index (κ3) is 3.63. The molecule has 1 saturated carbocycles. The summed E-state index contributed by atoms with van der Waals surface area (Å²) in [6.07, 6.45) is 8.16. The highest BCUT2D eigenvalue weighted by Gasteiger charge is 2.41. The van der Waals surface area contributed by atoms with Gasteiger partial charge in [0.05, 0.1) is 5.60 Å². The van der Waals surface area contributed by atoms with Gasteiger partial charge in [0, 0.05) is 6.42 Å². The first-order chi connectivity index (χ1) is 10.6. The molecule has 2 aliphatic rings. The van der Waals surface area contributed by atoms with Crippen LogP contribution in [0.2, 0.25) is 0 Å². The quantitative estimate of drug-likeness (QED) is 0.725. The van der Waals surface area contributed by atoms with Crippen LogP contribution in [0, 0.1) is 17.3 Å². The molecule has 1 aliphatic carbocycles. The molecule has 1 heterocycles. The Hall–Kier alpha value is -1.28. The third-order valence-electron chi connectivity index (χ3n) is 5.80. The molecule has 1 aliphatic heterocycles. The zero-order chi connectivity index (χ0) is 17.4. The van der Waals surface area contributed by atoms with Gasteiger partial charge in [0.25, 0.3) is 0 Å². The van der Waals surface area contributed by atoms with E-state index >= 15 is 0 Å². The second kappa shape index (κ2) is 6.32. The fraction of sp³-hybridized carbons (Fsp3) is 0.619. The minimum Gasteiger partial charge on any atom is -0.487 e. The van der Waals surface area contributed by atoms with Gasteiger partial charge in [-0.05, 0) is 62.9 Å². The van der Waals surface area contributed by atoms with Crippen LogP contribution in [0.15, 0.2) is 48.8 Å². The minimum atomic E-state index is -0.848. The lowest BCUT2D eigenvalue weighted by Crippen LogP contribution is -2.40. The fourth-order valence-electron chi connectivity index (χ4n) is 4.08. The largest absolute Gasteiger partial charge is 0.487 e. The van der Waals surface area contributed by atoms with E-state index in [9.17, 15) is 5.11 Å². The van der Waals surface area contributed by atoms with E-state index in [-0.39, 0.29) is 11.5 Å². The summed E-state index contributed by atoms with van der Waals surface area (Å²) in [5.74, 6) is 1.63. The van der Waals surface area contributed by atoms with E-state index in [0.717, 1.165) is 31.4 Å². The van der Waals surface area contributed by atoms with Gasteiger partial charge < -0.3 is 9.84 Å². The Labute approximate surface area is 141 Å². The number of rotatable bonds is 4. The molecule has 4 atom stereocenters. The maximum absolute atomic E-state index is 10.2. The zero-order valence-corrected chi connectivity index (χ0v) is 15.2. The van der Waals surface area contributed by atoms with E-state index in [2.05, 4.69) is 45.7 Å². The van der Waals surface area contributed by atoms with Crippen LogP contribution in [-0.4, -0.2) is 16.8 Å². The first kappa shape index (κ1) is 18.1. The van der Waals surface area contributed by atoms with E-state index in [1.165, 1.54) is 11.1 Å². The third-order valence-corrected chi connectivity index (χ3v) is 5.80. The fourth-order valence-corrected chi connectivity index (χ4v) is 4.08. The van der Waals surface area contributed by atoms with Gasteiger partial charge in [-0.25, -0.2) is 0 Å². The maximum Gasteiger partial charge on any atom is 0.130 e. The average Bonchev–Trinajstić information content (AvgIpc) is 2.46. The van der Waals surface area contributed by atoms with Crippen LogP contribution in [0.1, 0.15) is 53.4 Å². The lowest BCUT2D eigenvalue weighted by atomic mass is 9.61. The van der Waals surface area contributed by atoms with Crippen molar-refractivity contribution in [1.82, 2.24) is 0 Å². The predicted octanol–water partition coefficient (Wildman–Crippen LogP) is 5.17. The van der Waals surface area contributed by atoms with Gasteiger partial charge in [-0.1, -0.05) is 37.8 Å². The van der Waals surface area contributed by atoms with E-state index in [4.69, 9.17) is 4.74 Å². The first-order valence-electron chi connectivity index (χ1n) is 8.66. The van der Waals surface area contributed by atoms with Gasteiger partial charge in [0.1, 0.15) is 11.9 Å². The van der Waals surface area contributed by atoms with E-state index < -0.39 is 5.60 Å². The molecular formula is C21H32O2. The first-order valence-corrected chi connectivity index (χ1v) is 8.66. The molecule has 0 unspecified atom stereocenters. The van der Waals surface area contributed by atoms with Gasteiger partial charge >= 0.3 is 0 Å². The molecule has 0 spiro atoms. The topological polar surface area (TPSA) is 29.5 Å². The van der Waals surface area contributed by atoms with Crippen molar-refractivity contribution < 1.29 is 9.84 Å². The number of hydrogen-bond donors (Lipinski definition) is 1. The van der Waals surface area contributed by atoms with Crippen molar-refractivity contribution in [2.75, 3.05) is 0 Å². The van der Waals surface area contributed by atoms with E-state index in [1.54, 1.807) is 13.8 Å². The molecule has 0 amide bonds. The molecule has 0 aromatic carbocycles. The molecule has 23 heavy (non-hydrogen) atoms. The Kier molecular flexibility index (Phi) is 4.96. The van der Waals surface area contributed by atoms with Gasteiger partial charge in [-0.15, -0.1) is 6.58 Å². The van der Waals surface area contributed by atoms with Gasteiger partial charge in [-0.3, -0.25) is 0 Å². The summed E-state index contributed by atoms with van der Waals surface area (Å²) in [6.45, 7) is 20.4. The zero-order valence-electron chi connectivity index (χ0n) is 15.2. The molecule has 0 aromatic rings. The van der Waals surface area contributed by atoms with Crippen LogP contribution in [0.3, 0.4) is 0 Å². The highest BCUT2D eigenvalue weighted by Crippen LogP contribution is 2.50. The summed E-state index contributed by atoms with van der Waals surface area (Å²) in [5.41, 5.74) is 1.74. The van der Waals surface area contributed by atoms with Crippen LogP contribution >= 0.6 is 0 Å². The molecule has 0 aromatic heterocycles. The minimum absolute atomic E-state index is 0.134. The Morgan fingerprint density at radius 1 is 1.48 bits per heavy atom. The van der Waals surface area contributed by atoms with Crippen LogP contribution < -0.4 is 0 Å². The van der Waals surface area contributed by atoms with Crippen molar-refractivity contribution in [3.63, 3.8) is 0 Å². The monoisotopic (exact) mass is 316 g/mol. The van der Waals surface area contributed by atoms with Crippen LogP contribution in [-0.2, 0) is 4.74 Å². The Bertz CT molecular complexity index is 535. The van der Waals surface area contributed by atoms with Crippen molar-refractivity contribution in [2.24, 2.45) is 17.3 Å². The van der Waals surface area contributed by atoms with Crippen molar-refractivity contribution in [3.8, 4) is 0 Å². The van der Waals surface area contributed by atoms with Crippen molar-refractivity contribution in [2.45, 2.75) is 65.1 Å². The van der Waals surface area contributed by atoms with Gasteiger partial charge in [0.15, 0.2) is 0 Å². The van der Waals surface area contributed by atoms with Crippen LogP contribution in [0.5, 0.6) is 0 Å². The molecule has 2 rings (SSSR count). The number of allylic oxidation sites excluding steroid dienone is 3. The normalized spacial score (nSPS) is 35.3. The second-order valence-corrected chi connectivity index (χ2v) is 8.16. The molecule has 0 saturated heterocycles. The molecule has 2 heteroatoms. The maximum atomic E-state index is 10.2. The Morgan fingerprint density at radius 2 is 2.13 bits per heavy atom. The summed E-state index contributed by atoms with van der Waals surface area (Å²) >= 11 is 0. The molecule has 0 bridgehead atoms. The molecule has 1 fully saturated rings. The van der Waals surface area contributed by atoms with Gasteiger partial charge in [0.2, 0.25) is 0 Å². The highest BCUT2D eigenvalue weighted by atomic mass is 16.5. The molecular weight excluding hydrogens is 284 g/mol. The Balaban J connectivity index is 2.17. The molecule has 1 N–H and O–H groups in total. The molecule has 2 nitrogen and oxygen atoms in total. The van der Waals surface area contributed by atoms with E-state index in [0.29, 0.717) is 11.8 Å². The number of hydrogen-bond acceptors (Lipinski definition) is 2. The number of ether oxygens (including phenoxy) is 1. The summed E-state index contributed by atoms with van der Waals surface area (Å²) < 4.78 is 5.94. The second-order valence-electron chi connectivity index (χ2n) is 8.16. The highest BCUT2D eigenvalue weighted by molar-refractivity contribution is 5.31. The summed E-state index contributed by atoms with van der Waals surface area (Å²) in [6, 6.07) is 0. The van der Waals surface area contributed by atoms with Crippen LogP contribution in [0.4, 0.5) is 0 Å². The van der Waals surface area contributed by atoms with Gasteiger partial charge in [-0.2, -0.15) is 0 Å². The molecule has 128 valence electrons. The summed E-state index contributed by atoms with van der Waals surface area (Å²) in [4.78, 5) is 0. The SMILES string of the molecule is C=C[C@@]1(C)CC[C@H](C2=CC[C@H](C(C)(C)O)OC2=C)C[C@@H]1C(=C)C. The summed E-state index contributed by atoms with van der Waals surface area (Å²) in [7, 11) is 0. The predicted molar refractivity (Wildman–Crippen MR) is 97.0 cm³/mol. The van der Waals surface area contributed by atoms with Crippen molar-refractivity contribution in [3.05, 3.63) is 48.8 Å². The lowest BCUT2D eigenvalue weighted by molar-refractivity contribution is -0.0647. The van der Waals surface area contributed by atoms with E-state index in [1.807, 2.05) is 0 Å². The average molecular weight is 316 g/mol. The lowest BCUT2D eigenvalue weighted by Gasteiger charge is -2.45.